The molecule has 3 heterocycles. The Bertz CT molecular complexity index is 876. The van der Waals surface area contributed by atoms with Crippen molar-refractivity contribution in [2.75, 3.05) is 20.2 Å². The molecule has 0 amide bonds. The van der Waals surface area contributed by atoms with E-state index in [9.17, 15) is 0 Å². The first-order chi connectivity index (χ1) is 13.3. The number of benzene rings is 1. The lowest BCUT2D eigenvalue weighted by atomic mass is 9.93. The lowest BCUT2D eigenvalue weighted by Crippen LogP contribution is -2.32. The molecule has 0 atom stereocenters. The molecule has 0 spiro atoms. The van der Waals surface area contributed by atoms with Gasteiger partial charge in [-0.1, -0.05) is 18.2 Å². The topological polar surface area (TPSA) is 51.1 Å². The Kier molecular flexibility index (Phi) is 5.39. The summed E-state index contributed by atoms with van der Waals surface area (Å²) in [5.74, 6) is 1.30. The van der Waals surface area contributed by atoms with Crippen LogP contribution in [0, 0.1) is 0 Å². The number of methoxy groups -OCH3 is 1. The van der Waals surface area contributed by atoms with Gasteiger partial charge in [0, 0.05) is 36.6 Å². The van der Waals surface area contributed by atoms with Gasteiger partial charge in [-0.2, -0.15) is 0 Å². The van der Waals surface area contributed by atoms with E-state index in [1.54, 1.807) is 7.11 Å². The summed E-state index contributed by atoms with van der Waals surface area (Å²) < 4.78 is 5.33. The fraction of sp³-hybridized carbons (Fsp3) is 0.318. The van der Waals surface area contributed by atoms with Gasteiger partial charge < -0.3 is 4.74 Å². The van der Waals surface area contributed by atoms with Gasteiger partial charge in [0.2, 0.25) is 0 Å². The molecule has 1 fully saturated rings. The highest BCUT2D eigenvalue weighted by Gasteiger charge is 2.22. The van der Waals surface area contributed by atoms with Gasteiger partial charge in [-0.15, -0.1) is 0 Å². The van der Waals surface area contributed by atoms with Gasteiger partial charge in [-0.25, -0.2) is 4.98 Å². The van der Waals surface area contributed by atoms with E-state index in [2.05, 4.69) is 20.9 Å². The van der Waals surface area contributed by atoms with Gasteiger partial charge in [0.1, 0.15) is 5.75 Å². The normalized spacial score (nSPS) is 15.6. The summed E-state index contributed by atoms with van der Waals surface area (Å²) in [6, 6.07) is 12.1. The number of likely N-dealkylation sites (tertiary alicyclic amines) is 1. The largest absolute Gasteiger partial charge is 0.497 e. The van der Waals surface area contributed by atoms with Crippen molar-refractivity contribution in [3.05, 3.63) is 72.4 Å². The van der Waals surface area contributed by atoms with Crippen LogP contribution in [-0.4, -0.2) is 40.1 Å². The van der Waals surface area contributed by atoms with Gasteiger partial charge in [-0.3, -0.25) is 14.9 Å². The summed E-state index contributed by atoms with van der Waals surface area (Å²) in [6.07, 6.45) is 9.74. The summed E-state index contributed by atoms with van der Waals surface area (Å²) in [6.45, 7) is 3.12. The maximum atomic E-state index is 5.33. The van der Waals surface area contributed by atoms with E-state index in [4.69, 9.17) is 9.72 Å². The van der Waals surface area contributed by atoms with E-state index < -0.39 is 0 Å². The molecule has 0 N–H and O–H groups in total. The first-order valence-electron chi connectivity index (χ1n) is 9.39. The van der Waals surface area contributed by atoms with E-state index in [0.717, 1.165) is 55.2 Å². The monoisotopic (exact) mass is 360 g/mol. The van der Waals surface area contributed by atoms with Crippen molar-refractivity contribution < 1.29 is 4.74 Å². The van der Waals surface area contributed by atoms with Crippen LogP contribution in [-0.2, 0) is 6.54 Å². The second kappa shape index (κ2) is 8.27. The van der Waals surface area contributed by atoms with Crippen LogP contribution >= 0.6 is 0 Å². The number of aromatic nitrogens is 3. The first kappa shape index (κ1) is 17.6. The summed E-state index contributed by atoms with van der Waals surface area (Å²) in [5, 5.41) is 0. The minimum atomic E-state index is 0.466. The summed E-state index contributed by atoms with van der Waals surface area (Å²) in [5.41, 5.74) is 4.31. The highest BCUT2D eigenvalue weighted by molar-refractivity contribution is 5.60. The number of hydrogen-bond acceptors (Lipinski definition) is 5. The van der Waals surface area contributed by atoms with Gasteiger partial charge in [0.05, 0.1) is 24.7 Å². The Morgan fingerprint density at radius 3 is 2.70 bits per heavy atom. The number of pyridine rings is 1. The van der Waals surface area contributed by atoms with Crippen LogP contribution in [0.2, 0.25) is 0 Å². The third-order valence-corrected chi connectivity index (χ3v) is 5.15. The second-order valence-corrected chi connectivity index (χ2v) is 6.97. The lowest BCUT2D eigenvalue weighted by molar-refractivity contribution is 0.203. The maximum Gasteiger partial charge on any atom is 0.119 e. The predicted octanol–water partition coefficient (Wildman–Crippen LogP) is 3.93. The molecule has 4 rings (SSSR count). The van der Waals surface area contributed by atoms with E-state index in [1.807, 2.05) is 55.1 Å². The third-order valence-electron chi connectivity index (χ3n) is 5.15. The molecule has 0 bridgehead atoms. The molecule has 1 aliphatic heterocycles. The fourth-order valence-electron chi connectivity index (χ4n) is 3.64. The Morgan fingerprint density at radius 1 is 1.04 bits per heavy atom. The summed E-state index contributed by atoms with van der Waals surface area (Å²) in [4.78, 5) is 16.1. The van der Waals surface area contributed by atoms with Crippen LogP contribution in [0.15, 0.2) is 61.2 Å². The van der Waals surface area contributed by atoms with Gasteiger partial charge >= 0.3 is 0 Å². The van der Waals surface area contributed by atoms with Crippen molar-refractivity contribution in [1.29, 1.82) is 0 Å². The van der Waals surface area contributed by atoms with Crippen LogP contribution in [0.3, 0.4) is 0 Å². The van der Waals surface area contributed by atoms with Crippen LogP contribution in [0.4, 0.5) is 0 Å². The van der Waals surface area contributed by atoms with Crippen molar-refractivity contribution in [2.24, 2.45) is 0 Å². The number of hydrogen-bond donors (Lipinski definition) is 0. The number of nitrogens with zero attached hydrogens (tertiary/aromatic N) is 4. The number of rotatable bonds is 5. The minimum Gasteiger partial charge on any atom is -0.497 e. The Labute approximate surface area is 160 Å². The average molecular weight is 360 g/mol. The zero-order chi connectivity index (χ0) is 18.5. The quantitative estimate of drug-likeness (QED) is 0.690. The second-order valence-electron chi connectivity index (χ2n) is 6.97. The molecule has 27 heavy (non-hydrogen) atoms. The van der Waals surface area contributed by atoms with E-state index in [1.165, 1.54) is 5.56 Å². The molecule has 5 heteroatoms. The SMILES string of the molecule is COc1cccc(-c2cncc(C3CCN(Cc4cccnc4)CC3)n2)c1. The molecule has 1 aromatic carbocycles. The Balaban J connectivity index is 1.42. The van der Waals surface area contributed by atoms with Gasteiger partial charge in [-0.05, 0) is 49.7 Å². The average Bonchev–Trinajstić information content (AvgIpc) is 2.75. The van der Waals surface area contributed by atoms with Crippen molar-refractivity contribution in [3.8, 4) is 17.0 Å². The van der Waals surface area contributed by atoms with Crippen LogP contribution in [0.5, 0.6) is 5.75 Å². The first-order valence-corrected chi connectivity index (χ1v) is 9.39. The van der Waals surface area contributed by atoms with Crippen molar-refractivity contribution in [2.45, 2.75) is 25.3 Å². The van der Waals surface area contributed by atoms with Crippen LogP contribution in [0.25, 0.3) is 11.3 Å². The van der Waals surface area contributed by atoms with E-state index in [-0.39, 0.29) is 0 Å². The molecule has 0 radical (unpaired) electrons. The zero-order valence-corrected chi connectivity index (χ0v) is 15.6. The molecule has 2 aromatic heterocycles. The molecule has 138 valence electrons. The Hall–Kier alpha value is -2.79. The van der Waals surface area contributed by atoms with Crippen molar-refractivity contribution >= 4 is 0 Å². The third kappa shape index (κ3) is 4.31. The number of piperidine rings is 1. The molecule has 0 aliphatic carbocycles. The molecule has 0 saturated carbocycles. The molecule has 3 aromatic rings. The predicted molar refractivity (Wildman–Crippen MR) is 106 cm³/mol. The van der Waals surface area contributed by atoms with Crippen LogP contribution < -0.4 is 4.74 Å². The van der Waals surface area contributed by atoms with Crippen LogP contribution in [0.1, 0.15) is 30.0 Å². The maximum absolute atomic E-state index is 5.33. The summed E-state index contributed by atoms with van der Waals surface area (Å²) >= 11 is 0. The molecule has 5 nitrogen and oxygen atoms in total. The summed E-state index contributed by atoms with van der Waals surface area (Å²) in [7, 11) is 1.68. The van der Waals surface area contributed by atoms with Gasteiger partial charge in [0.25, 0.3) is 0 Å². The molecule has 1 aliphatic rings. The zero-order valence-electron chi connectivity index (χ0n) is 15.6. The highest BCUT2D eigenvalue weighted by atomic mass is 16.5. The highest BCUT2D eigenvalue weighted by Crippen LogP contribution is 2.29. The standard InChI is InChI=1S/C22H24N4O/c1-27-20-6-2-5-19(12-20)22-15-24-14-21(25-22)18-7-10-26(11-8-18)16-17-4-3-9-23-13-17/h2-6,9,12-15,18H,7-8,10-11,16H2,1H3. The molecular formula is C22H24N4O. The van der Waals surface area contributed by atoms with Gasteiger partial charge in [0.15, 0.2) is 0 Å². The fourth-order valence-corrected chi connectivity index (χ4v) is 3.64. The Morgan fingerprint density at radius 2 is 1.93 bits per heavy atom. The van der Waals surface area contributed by atoms with Crippen molar-refractivity contribution in [1.82, 2.24) is 19.9 Å². The van der Waals surface area contributed by atoms with E-state index in [0.29, 0.717) is 5.92 Å². The van der Waals surface area contributed by atoms with E-state index >= 15 is 0 Å². The lowest BCUT2D eigenvalue weighted by Gasteiger charge is -2.31. The smallest absolute Gasteiger partial charge is 0.119 e. The number of ether oxygens (including phenoxy) is 1. The van der Waals surface area contributed by atoms with Crippen molar-refractivity contribution in [3.63, 3.8) is 0 Å². The minimum absolute atomic E-state index is 0.466. The molecule has 0 unspecified atom stereocenters. The molecular weight excluding hydrogens is 336 g/mol. The molecule has 1 saturated heterocycles.